The Labute approximate surface area is 115 Å². The highest BCUT2D eigenvalue weighted by molar-refractivity contribution is 5.33. The lowest BCUT2D eigenvalue weighted by Crippen LogP contribution is -1.88. The highest BCUT2D eigenvalue weighted by atomic mass is 16.5. The van der Waals surface area contributed by atoms with Gasteiger partial charge in [-0.1, -0.05) is 44.2 Å². The highest BCUT2D eigenvalue weighted by Crippen LogP contribution is 2.23. The highest BCUT2D eigenvalue weighted by Gasteiger charge is 2.00. The molecule has 0 aliphatic heterocycles. The molecule has 2 nitrogen and oxygen atoms in total. The molecule has 0 bridgehead atoms. The van der Waals surface area contributed by atoms with Crippen molar-refractivity contribution < 1.29 is 4.74 Å². The quantitative estimate of drug-likeness (QED) is 0.759. The van der Waals surface area contributed by atoms with Crippen LogP contribution < -0.4 is 4.74 Å². The molecule has 0 aliphatic rings. The van der Waals surface area contributed by atoms with Crippen molar-refractivity contribution in [1.82, 2.24) is 0 Å². The van der Waals surface area contributed by atoms with Gasteiger partial charge in [-0.25, -0.2) is 0 Å². The Bertz CT molecular complexity index is 509. The summed E-state index contributed by atoms with van der Waals surface area (Å²) >= 11 is 0. The molecule has 0 N–H and O–H groups in total. The Hall–Kier alpha value is -2.27. The van der Waals surface area contributed by atoms with Gasteiger partial charge in [0.15, 0.2) is 0 Å². The van der Waals surface area contributed by atoms with E-state index in [-0.39, 0.29) is 0 Å². The van der Waals surface area contributed by atoms with Crippen LogP contribution in [-0.2, 0) is 0 Å². The number of nitrogens with zero attached hydrogens (tertiary/aromatic N) is 1. The minimum Gasteiger partial charge on any atom is -0.457 e. The maximum Gasteiger partial charge on any atom is 0.127 e. The van der Waals surface area contributed by atoms with Crippen molar-refractivity contribution in [1.29, 1.82) is 5.26 Å². The van der Waals surface area contributed by atoms with Crippen LogP contribution in [0.25, 0.3) is 0 Å². The zero-order valence-electron chi connectivity index (χ0n) is 11.6. The summed E-state index contributed by atoms with van der Waals surface area (Å²) in [7, 11) is 0. The third-order valence-electron chi connectivity index (χ3n) is 2.53. The molecule has 0 atom stereocenters. The standard InChI is InChI=1S/C15H16O.C2H3N/c1-12(2)13-8-10-15(11-9-13)16-14-6-4-3-5-7-14;1-2-3/h3-12H,1-2H3;1H3. The lowest BCUT2D eigenvalue weighted by molar-refractivity contribution is 0.482. The first-order valence-electron chi connectivity index (χ1n) is 6.31. The van der Waals surface area contributed by atoms with Crippen LogP contribution in [0.15, 0.2) is 54.6 Å². The van der Waals surface area contributed by atoms with Crippen LogP contribution in [0.2, 0.25) is 0 Å². The molecule has 2 rings (SSSR count). The van der Waals surface area contributed by atoms with Crippen molar-refractivity contribution in [3.63, 3.8) is 0 Å². The van der Waals surface area contributed by atoms with Gasteiger partial charge in [0.1, 0.15) is 11.5 Å². The molecule has 0 saturated heterocycles. The SMILES string of the molecule is CC#N.CC(C)c1ccc(Oc2ccccc2)cc1. The van der Waals surface area contributed by atoms with Gasteiger partial charge in [0.25, 0.3) is 0 Å². The molecule has 0 fully saturated rings. The summed E-state index contributed by atoms with van der Waals surface area (Å²) in [6, 6.07) is 19.8. The molecule has 2 heteroatoms. The Morgan fingerprint density at radius 3 is 1.84 bits per heavy atom. The number of ether oxygens (including phenoxy) is 1. The van der Waals surface area contributed by atoms with Crippen molar-refractivity contribution in [2.24, 2.45) is 0 Å². The van der Waals surface area contributed by atoms with Crippen LogP contribution in [0, 0.1) is 11.3 Å². The second kappa shape index (κ2) is 7.94. The van der Waals surface area contributed by atoms with Crippen LogP contribution in [0.4, 0.5) is 0 Å². The van der Waals surface area contributed by atoms with Crippen molar-refractivity contribution >= 4 is 0 Å². The summed E-state index contributed by atoms with van der Waals surface area (Å²) in [5, 5.41) is 7.32. The molecule has 0 radical (unpaired) electrons. The third-order valence-corrected chi connectivity index (χ3v) is 2.53. The number of para-hydroxylation sites is 1. The lowest BCUT2D eigenvalue weighted by Gasteiger charge is -2.08. The van der Waals surface area contributed by atoms with E-state index in [0.717, 1.165) is 11.5 Å². The van der Waals surface area contributed by atoms with Crippen molar-refractivity contribution in [2.45, 2.75) is 26.7 Å². The molecular weight excluding hydrogens is 234 g/mol. The van der Waals surface area contributed by atoms with E-state index in [0.29, 0.717) is 5.92 Å². The van der Waals surface area contributed by atoms with E-state index in [4.69, 9.17) is 10.00 Å². The summed E-state index contributed by atoms with van der Waals surface area (Å²) in [4.78, 5) is 0. The molecule has 0 spiro atoms. The summed E-state index contributed by atoms with van der Waals surface area (Å²) < 4.78 is 5.71. The average Bonchev–Trinajstić information content (AvgIpc) is 2.41. The monoisotopic (exact) mass is 253 g/mol. The predicted molar refractivity (Wildman–Crippen MR) is 78.3 cm³/mol. The topological polar surface area (TPSA) is 33.0 Å². The molecule has 98 valence electrons. The number of rotatable bonds is 3. The Balaban J connectivity index is 0.000000550. The molecule has 2 aromatic carbocycles. The molecule has 0 amide bonds. The fourth-order valence-corrected chi connectivity index (χ4v) is 1.55. The minimum atomic E-state index is 0.561. The molecule has 0 heterocycles. The van der Waals surface area contributed by atoms with Gasteiger partial charge in [-0.3, -0.25) is 0 Å². The summed E-state index contributed by atoms with van der Waals surface area (Å²) in [5.74, 6) is 2.32. The molecule has 2 aromatic rings. The molecule has 0 aromatic heterocycles. The zero-order chi connectivity index (χ0) is 14.1. The van der Waals surface area contributed by atoms with E-state index in [1.165, 1.54) is 12.5 Å². The van der Waals surface area contributed by atoms with Gasteiger partial charge >= 0.3 is 0 Å². The number of hydrogen-bond acceptors (Lipinski definition) is 2. The zero-order valence-corrected chi connectivity index (χ0v) is 11.6. The second-order valence-corrected chi connectivity index (χ2v) is 4.36. The van der Waals surface area contributed by atoms with Crippen molar-refractivity contribution in [3.05, 3.63) is 60.2 Å². The smallest absolute Gasteiger partial charge is 0.127 e. The van der Waals surface area contributed by atoms with Gasteiger partial charge in [-0.2, -0.15) is 5.26 Å². The summed E-state index contributed by atoms with van der Waals surface area (Å²) in [6.07, 6.45) is 0. The summed E-state index contributed by atoms with van der Waals surface area (Å²) in [5.41, 5.74) is 1.33. The van der Waals surface area contributed by atoms with Crippen molar-refractivity contribution in [2.75, 3.05) is 0 Å². The maximum absolute atomic E-state index is 7.32. The van der Waals surface area contributed by atoms with Gasteiger partial charge in [0.2, 0.25) is 0 Å². The first-order chi connectivity index (χ1) is 9.17. The third kappa shape index (κ3) is 5.27. The van der Waals surface area contributed by atoms with E-state index < -0.39 is 0 Å². The van der Waals surface area contributed by atoms with Crippen LogP contribution >= 0.6 is 0 Å². The van der Waals surface area contributed by atoms with Crippen LogP contribution in [-0.4, -0.2) is 0 Å². The van der Waals surface area contributed by atoms with Crippen LogP contribution in [0.5, 0.6) is 11.5 Å². The maximum atomic E-state index is 7.32. The van der Waals surface area contributed by atoms with E-state index in [1.807, 2.05) is 42.5 Å². The van der Waals surface area contributed by atoms with E-state index in [9.17, 15) is 0 Å². The molecule has 0 saturated carbocycles. The molecular formula is C17H19NO. The number of hydrogen-bond donors (Lipinski definition) is 0. The normalized spacial score (nSPS) is 9.21. The number of benzene rings is 2. The molecule has 0 aliphatic carbocycles. The fraction of sp³-hybridized carbons (Fsp3) is 0.235. The first kappa shape index (κ1) is 14.8. The lowest BCUT2D eigenvalue weighted by atomic mass is 10.0. The summed E-state index contributed by atoms with van der Waals surface area (Å²) in [6.45, 7) is 5.81. The Morgan fingerprint density at radius 1 is 0.895 bits per heavy atom. The Kier molecular flexibility index (Phi) is 6.18. The van der Waals surface area contributed by atoms with Gasteiger partial charge in [0, 0.05) is 6.92 Å². The van der Waals surface area contributed by atoms with E-state index in [1.54, 1.807) is 6.07 Å². The fourth-order valence-electron chi connectivity index (χ4n) is 1.55. The van der Waals surface area contributed by atoms with E-state index >= 15 is 0 Å². The van der Waals surface area contributed by atoms with Gasteiger partial charge in [0.05, 0.1) is 6.07 Å². The molecule has 19 heavy (non-hydrogen) atoms. The van der Waals surface area contributed by atoms with Crippen LogP contribution in [0.3, 0.4) is 0 Å². The average molecular weight is 253 g/mol. The predicted octanol–water partition coefficient (Wildman–Crippen LogP) is 5.13. The second-order valence-electron chi connectivity index (χ2n) is 4.36. The van der Waals surface area contributed by atoms with E-state index in [2.05, 4.69) is 26.0 Å². The van der Waals surface area contributed by atoms with Crippen molar-refractivity contribution in [3.8, 4) is 17.6 Å². The first-order valence-corrected chi connectivity index (χ1v) is 6.31. The number of nitriles is 1. The van der Waals surface area contributed by atoms with Gasteiger partial charge in [-0.15, -0.1) is 0 Å². The Morgan fingerprint density at radius 2 is 1.37 bits per heavy atom. The largest absolute Gasteiger partial charge is 0.457 e. The minimum absolute atomic E-state index is 0.561. The van der Waals surface area contributed by atoms with Crippen LogP contribution in [0.1, 0.15) is 32.3 Å². The van der Waals surface area contributed by atoms with Gasteiger partial charge in [-0.05, 0) is 35.7 Å². The van der Waals surface area contributed by atoms with Gasteiger partial charge < -0.3 is 4.74 Å². The molecule has 0 unspecified atom stereocenters.